The highest BCUT2D eigenvalue weighted by Crippen LogP contribution is 2.17. The highest BCUT2D eigenvalue weighted by atomic mass is 16.3. The van der Waals surface area contributed by atoms with Gasteiger partial charge >= 0.3 is 0 Å². The van der Waals surface area contributed by atoms with Crippen LogP contribution in [0.3, 0.4) is 0 Å². The van der Waals surface area contributed by atoms with Crippen molar-refractivity contribution in [3.05, 3.63) is 17.5 Å². The van der Waals surface area contributed by atoms with Crippen molar-refractivity contribution in [1.29, 1.82) is 0 Å². The molecule has 1 aromatic heterocycles. The number of aryl methyl sites for hydroxylation is 1. The number of hydrogen-bond donors (Lipinski definition) is 2. The molecule has 1 atom stereocenters. The summed E-state index contributed by atoms with van der Waals surface area (Å²) < 4.78 is 0. The van der Waals surface area contributed by atoms with Gasteiger partial charge < -0.3 is 10.0 Å². The fourth-order valence-electron chi connectivity index (χ4n) is 2.09. The van der Waals surface area contributed by atoms with E-state index in [1.165, 1.54) is 0 Å². The number of carbonyl (C=O) groups is 1. The Bertz CT molecular complexity index is 375. The minimum absolute atomic E-state index is 0.0394. The van der Waals surface area contributed by atoms with Gasteiger partial charge in [-0.05, 0) is 31.7 Å². The van der Waals surface area contributed by atoms with Gasteiger partial charge in [-0.3, -0.25) is 9.89 Å². The lowest BCUT2D eigenvalue weighted by Gasteiger charge is -2.31. The predicted molar refractivity (Wildman–Crippen MR) is 59.0 cm³/mol. The second kappa shape index (κ2) is 4.65. The Balaban J connectivity index is 2.04. The molecule has 5 nitrogen and oxygen atoms in total. The molecule has 1 fully saturated rings. The first-order valence-electron chi connectivity index (χ1n) is 5.63. The summed E-state index contributed by atoms with van der Waals surface area (Å²) in [5.41, 5.74) is 1.36. The lowest BCUT2D eigenvalue weighted by atomic mass is 9.99. The number of aromatic amines is 1. The molecule has 0 saturated carbocycles. The van der Waals surface area contributed by atoms with E-state index in [0.29, 0.717) is 12.2 Å². The Hall–Kier alpha value is -1.36. The van der Waals surface area contributed by atoms with Crippen LogP contribution in [0.5, 0.6) is 0 Å². The Labute approximate surface area is 94.5 Å². The van der Waals surface area contributed by atoms with E-state index in [1.807, 2.05) is 6.92 Å². The summed E-state index contributed by atoms with van der Waals surface area (Å²) in [4.78, 5) is 13.8. The number of H-pyrrole nitrogens is 1. The Morgan fingerprint density at radius 1 is 1.75 bits per heavy atom. The first-order valence-corrected chi connectivity index (χ1v) is 5.63. The summed E-state index contributed by atoms with van der Waals surface area (Å²) in [7, 11) is 0. The number of piperidine rings is 1. The normalized spacial score (nSPS) is 21.1. The van der Waals surface area contributed by atoms with E-state index < -0.39 is 0 Å². The maximum atomic E-state index is 12.0. The van der Waals surface area contributed by atoms with Crippen molar-refractivity contribution < 1.29 is 9.90 Å². The topological polar surface area (TPSA) is 69.2 Å². The van der Waals surface area contributed by atoms with Gasteiger partial charge in [-0.1, -0.05) is 0 Å². The van der Waals surface area contributed by atoms with Gasteiger partial charge in [0.2, 0.25) is 0 Å². The smallest absolute Gasteiger partial charge is 0.274 e. The molecule has 1 amide bonds. The van der Waals surface area contributed by atoms with E-state index >= 15 is 0 Å². The number of nitrogens with one attached hydrogen (secondary N) is 1. The maximum absolute atomic E-state index is 12.0. The molecule has 1 saturated heterocycles. The molecule has 0 aliphatic carbocycles. The molecule has 88 valence electrons. The van der Waals surface area contributed by atoms with Crippen molar-refractivity contribution >= 4 is 5.91 Å². The van der Waals surface area contributed by atoms with Crippen LogP contribution in [0.1, 0.15) is 29.0 Å². The summed E-state index contributed by atoms with van der Waals surface area (Å²) in [5.74, 6) is 0.181. The van der Waals surface area contributed by atoms with Gasteiger partial charge in [-0.15, -0.1) is 0 Å². The van der Waals surface area contributed by atoms with Gasteiger partial charge in [0.25, 0.3) is 5.91 Å². The van der Waals surface area contributed by atoms with Crippen LogP contribution in [-0.4, -0.2) is 45.8 Å². The largest absolute Gasteiger partial charge is 0.396 e. The number of aliphatic hydroxyl groups is 1. The molecule has 0 spiro atoms. The quantitative estimate of drug-likeness (QED) is 0.769. The zero-order valence-electron chi connectivity index (χ0n) is 9.44. The molecular formula is C11H17N3O2. The van der Waals surface area contributed by atoms with Crippen LogP contribution < -0.4 is 0 Å². The monoisotopic (exact) mass is 223 g/mol. The molecule has 2 N–H and O–H groups in total. The first-order chi connectivity index (χ1) is 7.70. The van der Waals surface area contributed by atoms with E-state index in [2.05, 4.69) is 10.2 Å². The zero-order valence-corrected chi connectivity index (χ0v) is 9.44. The fraction of sp³-hybridized carbons (Fsp3) is 0.636. The van der Waals surface area contributed by atoms with E-state index in [0.717, 1.165) is 25.1 Å². The molecule has 1 aliphatic heterocycles. The van der Waals surface area contributed by atoms with Crippen molar-refractivity contribution in [3.8, 4) is 0 Å². The molecule has 0 aromatic carbocycles. The molecule has 0 radical (unpaired) electrons. The highest BCUT2D eigenvalue weighted by molar-refractivity contribution is 5.92. The molecule has 2 heterocycles. The highest BCUT2D eigenvalue weighted by Gasteiger charge is 2.25. The van der Waals surface area contributed by atoms with Gasteiger partial charge in [0.1, 0.15) is 5.69 Å². The maximum Gasteiger partial charge on any atom is 0.274 e. The molecule has 1 aliphatic rings. The third-order valence-corrected chi connectivity index (χ3v) is 2.99. The number of likely N-dealkylation sites (tertiary alicyclic amines) is 1. The number of amides is 1. The van der Waals surface area contributed by atoms with Gasteiger partial charge in [0, 0.05) is 25.4 Å². The summed E-state index contributed by atoms with van der Waals surface area (Å²) in [6.07, 6.45) is 1.96. The van der Waals surface area contributed by atoms with Crippen LogP contribution in [0.15, 0.2) is 6.07 Å². The van der Waals surface area contributed by atoms with Gasteiger partial charge in [0.15, 0.2) is 0 Å². The second-order valence-corrected chi connectivity index (χ2v) is 4.38. The number of aromatic nitrogens is 2. The standard InChI is InChI=1S/C11H17N3O2/c1-8-5-10(13-12-8)11(16)14-4-2-3-9(6-14)7-15/h5,9,15H,2-4,6-7H2,1H3,(H,12,13). The molecule has 0 bridgehead atoms. The minimum atomic E-state index is -0.0394. The molecule has 1 aromatic rings. The minimum Gasteiger partial charge on any atom is -0.396 e. The summed E-state index contributed by atoms with van der Waals surface area (Å²) in [5, 5.41) is 15.8. The van der Waals surface area contributed by atoms with Crippen LogP contribution in [0, 0.1) is 12.8 Å². The Morgan fingerprint density at radius 3 is 3.19 bits per heavy atom. The number of hydrogen-bond acceptors (Lipinski definition) is 3. The van der Waals surface area contributed by atoms with Crippen molar-refractivity contribution in [2.24, 2.45) is 5.92 Å². The van der Waals surface area contributed by atoms with E-state index in [1.54, 1.807) is 11.0 Å². The third kappa shape index (κ3) is 2.24. The van der Waals surface area contributed by atoms with Gasteiger partial charge in [-0.25, -0.2) is 0 Å². The van der Waals surface area contributed by atoms with Crippen LogP contribution in [0.25, 0.3) is 0 Å². The molecular weight excluding hydrogens is 206 g/mol. The van der Waals surface area contributed by atoms with Crippen molar-refractivity contribution in [1.82, 2.24) is 15.1 Å². The fourth-order valence-corrected chi connectivity index (χ4v) is 2.09. The van der Waals surface area contributed by atoms with Crippen LogP contribution in [-0.2, 0) is 0 Å². The van der Waals surface area contributed by atoms with E-state index in [9.17, 15) is 4.79 Å². The Kier molecular flexibility index (Phi) is 3.24. The van der Waals surface area contributed by atoms with Crippen molar-refractivity contribution in [2.45, 2.75) is 19.8 Å². The van der Waals surface area contributed by atoms with Crippen LogP contribution >= 0.6 is 0 Å². The van der Waals surface area contributed by atoms with Gasteiger partial charge in [0.05, 0.1) is 0 Å². The number of rotatable bonds is 2. The molecule has 16 heavy (non-hydrogen) atoms. The molecule has 1 unspecified atom stereocenters. The number of aliphatic hydroxyl groups excluding tert-OH is 1. The average Bonchev–Trinajstić information content (AvgIpc) is 2.75. The summed E-state index contributed by atoms with van der Waals surface area (Å²) >= 11 is 0. The lowest BCUT2D eigenvalue weighted by Crippen LogP contribution is -2.41. The van der Waals surface area contributed by atoms with Crippen LogP contribution in [0.2, 0.25) is 0 Å². The lowest BCUT2D eigenvalue weighted by molar-refractivity contribution is 0.0615. The second-order valence-electron chi connectivity index (χ2n) is 4.38. The SMILES string of the molecule is Cc1cc(C(=O)N2CCCC(CO)C2)n[nH]1. The third-order valence-electron chi connectivity index (χ3n) is 2.99. The van der Waals surface area contributed by atoms with Crippen molar-refractivity contribution in [2.75, 3.05) is 19.7 Å². The molecule has 2 rings (SSSR count). The van der Waals surface area contributed by atoms with E-state index in [4.69, 9.17) is 5.11 Å². The molecule has 5 heteroatoms. The van der Waals surface area contributed by atoms with Gasteiger partial charge in [-0.2, -0.15) is 5.10 Å². The van der Waals surface area contributed by atoms with E-state index in [-0.39, 0.29) is 18.4 Å². The average molecular weight is 223 g/mol. The number of nitrogens with zero attached hydrogens (tertiary/aromatic N) is 2. The first kappa shape index (κ1) is 11.1. The van der Waals surface area contributed by atoms with Crippen LogP contribution in [0.4, 0.5) is 0 Å². The number of carbonyl (C=O) groups excluding carboxylic acids is 1. The summed E-state index contributed by atoms with van der Waals surface area (Å²) in [6, 6.07) is 1.75. The zero-order chi connectivity index (χ0) is 11.5. The van der Waals surface area contributed by atoms with Crippen molar-refractivity contribution in [3.63, 3.8) is 0 Å². The predicted octanol–water partition coefficient (Wildman–Crippen LogP) is 0.563. The Morgan fingerprint density at radius 2 is 2.56 bits per heavy atom. The summed E-state index contributed by atoms with van der Waals surface area (Å²) in [6.45, 7) is 3.43.